The molecule has 0 bridgehead atoms. The lowest BCUT2D eigenvalue weighted by molar-refractivity contribution is -0.117. The zero-order valence-corrected chi connectivity index (χ0v) is 17.4. The molecule has 1 aromatic carbocycles. The summed E-state index contributed by atoms with van der Waals surface area (Å²) in [4.78, 5) is 30.5. The number of hydrogen-bond acceptors (Lipinski definition) is 5. The van der Waals surface area contributed by atoms with Crippen molar-refractivity contribution in [3.63, 3.8) is 0 Å². The molecule has 1 amide bonds. The van der Waals surface area contributed by atoms with Crippen LogP contribution < -0.4 is 10.9 Å². The molecule has 2 aromatic rings. The number of allylic oxidation sites excluding steroid dienone is 1. The summed E-state index contributed by atoms with van der Waals surface area (Å²) in [5.74, 6) is -0.122. The lowest BCUT2D eigenvalue weighted by Crippen LogP contribution is -2.32. The molecule has 0 spiro atoms. The molecule has 0 saturated heterocycles. The molecule has 8 heteroatoms. The van der Waals surface area contributed by atoms with Gasteiger partial charge in [0, 0.05) is 23.9 Å². The maximum absolute atomic E-state index is 12.3. The molecule has 150 valence electrons. The smallest absolute Gasteiger partial charge is 0.257 e. The quantitative estimate of drug-likeness (QED) is 0.740. The van der Waals surface area contributed by atoms with Gasteiger partial charge in [-0.15, -0.1) is 23.4 Å². The van der Waals surface area contributed by atoms with Gasteiger partial charge in [-0.1, -0.05) is 29.4 Å². The number of carbonyl (C=O) groups excluding carboxylic acids is 1. The van der Waals surface area contributed by atoms with E-state index in [1.54, 1.807) is 23.8 Å². The van der Waals surface area contributed by atoms with Crippen LogP contribution >= 0.6 is 23.4 Å². The van der Waals surface area contributed by atoms with Crippen LogP contribution in [0.1, 0.15) is 24.0 Å². The van der Waals surface area contributed by atoms with Gasteiger partial charge >= 0.3 is 0 Å². The Morgan fingerprint density at radius 1 is 1.34 bits per heavy atom. The number of thioether (sulfide) groups is 1. The second-order valence-electron chi connectivity index (χ2n) is 6.92. The van der Waals surface area contributed by atoms with Crippen LogP contribution in [0.25, 0.3) is 5.69 Å². The van der Waals surface area contributed by atoms with Crippen LogP contribution in [0.4, 0.5) is 0 Å². The Labute approximate surface area is 177 Å². The number of amides is 1. The lowest BCUT2D eigenvalue weighted by atomic mass is 10.0. The number of alkyl halides is 1. The molecule has 2 aliphatic heterocycles. The minimum atomic E-state index is -0.202. The average Bonchev–Trinajstić information content (AvgIpc) is 3.38. The normalized spacial score (nSPS) is 20.8. The van der Waals surface area contributed by atoms with E-state index in [9.17, 15) is 9.59 Å². The second kappa shape index (κ2) is 8.47. The molecule has 1 aromatic heterocycles. The first-order chi connectivity index (χ1) is 14.0. The molecule has 3 heterocycles. The highest BCUT2D eigenvalue weighted by atomic mass is 35.5. The van der Waals surface area contributed by atoms with E-state index >= 15 is 0 Å². The van der Waals surface area contributed by atoms with Gasteiger partial charge < -0.3 is 10.2 Å². The first kappa shape index (κ1) is 19.8. The molecule has 6 nitrogen and oxygen atoms in total. The minimum Gasteiger partial charge on any atom is -0.390 e. The first-order valence-electron chi connectivity index (χ1n) is 9.32. The van der Waals surface area contributed by atoms with Crippen LogP contribution in [0.2, 0.25) is 0 Å². The molecule has 0 radical (unpaired) electrons. The van der Waals surface area contributed by atoms with E-state index in [0.29, 0.717) is 29.9 Å². The van der Waals surface area contributed by atoms with Crippen LogP contribution in [-0.4, -0.2) is 33.5 Å². The Bertz CT molecular complexity index is 1050. The van der Waals surface area contributed by atoms with E-state index in [-0.39, 0.29) is 22.3 Å². The summed E-state index contributed by atoms with van der Waals surface area (Å²) in [5.41, 5.74) is 3.22. The average molecular weight is 430 g/mol. The summed E-state index contributed by atoms with van der Waals surface area (Å²) < 4.78 is 1.55. The molecule has 2 unspecified atom stereocenters. The third-order valence-electron chi connectivity index (χ3n) is 4.81. The summed E-state index contributed by atoms with van der Waals surface area (Å²) in [7, 11) is 0. The number of oxime groups is 1. The standard InChI is InChI=1S/C21H20ClN3O3S/c1-13-3-2-10-25(21(13)27)15-6-4-14(5-7-15)17-11-16(28-24-17)12-23-20(26)18-8-9-19(22)29-18/h2-8,10,16,19H,9,11-12H2,1H3,(H,23,26). The molecular weight excluding hydrogens is 410 g/mol. The van der Waals surface area contributed by atoms with Crippen LogP contribution in [-0.2, 0) is 9.63 Å². The van der Waals surface area contributed by atoms with Crippen molar-refractivity contribution in [3.05, 3.63) is 75.1 Å². The van der Waals surface area contributed by atoms with Gasteiger partial charge in [0.15, 0.2) is 0 Å². The minimum absolute atomic E-state index is 0.0337. The fraction of sp³-hybridized carbons (Fsp3) is 0.286. The third kappa shape index (κ3) is 4.41. The Morgan fingerprint density at radius 3 is 2.86 bits per heavy atom. The van der Waals surface area contributed by atoms with Crippen molar-refractivity contribution in [2.45, 2.75) is 30.6 Å². The monoisotopic (exact) mass is 429 g/mol. The molecule has 2 aliphatic rings. The van der Waals surface area contributed by atoms with E-state index in [1.807, 2.05) is 36.4 Å². The summed E-state index contributed by atoms with van der Waals surface area (Å²) in [6.45, 7) is 2.18. The van der Waals surface area contributed by atoms with Crippen LogP contribution in [0.3, 0.4) is 0 Å². The van der Waals surface area contributed by atoms with Crippen molar-refractivity contribution < 1.29 is 9.63 Å². The van der Waals surface area contributed by atoms with E-state index in [2.05, 4.69) is 10.5 Å². The fourth-order valence-corrected chi connectivity index (χ4v) is 4.42. The van der Waals surface area contributed by atoms with Crippen molar-refractivity contribution in [1.82, 2.24) is 9.88 Å². The van der Waals surface area contributed by atoms with Gasteiger partial charge in [0.1, 0.15) is 6.10 Å². The van der Waals surface area contributed by atoms with Gasteiger partial charge in [-0.25, -0.2) is 0 Å². The van der Waals surface area contributed by atoms with E-state index in [0.717, 1.165) is 17.0 Å². The number of hydrogen-bond donors (Lipinski definition) is 1. The summed E-state index contributed by atoms with van der Waals surface area (Å²) in [6, 6.07) is 11.3. The number of nitrogens with one attached hydrogen (secondary N) is 1. The Kier molecular flexibility index (Phi) is 5.78. The number of aryl methyl sites for hydroxylation is 1. The molecule has 4 rings (SSSR count). The van der Waals surface area contributed by atoms with Crippen molar-refractivity contribution in [2.75, 3.05) is 6.54 Å². The largest absolute Gasteiger partial charge is 0.390 e. The molecular formula is C21H20ClN3O3S. The lowest BCUT2D eigenvalue weighted by Gasteiger charge is -2.10. The van der Waals surface area contributed by atoms with E-state index in [1.165, 1.54) is 11.8 Å². The number of carbonyl (C=O) groups is 1. The number of benzene rings is 1. The van der Waals surface area contributed by atoms with E-state index in [4.69, 9.17) is 16.4 Å². The van der Waals surface area contributed by atoms with Gasteiger partial charge in [-0.3, -0.25) is 14.2 Å². The highest BCUT2D eigenvalue weighted by Crippen LogP contribution is 2.34. The molecule has 1 N–H and O–H groups in total. The molecule has 2 atom stereocenters. The molecule has 29 heavy (non-hydrogen) atoms. The number of rotatable bonds is 5. The van der Waals surface area contributed by atoms with Gasteiger partial charge in [-0.2, -0.15) is 0 Å². The Morgan fingerprint density at radius 2 is 2.14 bits per heavy atom. The van der Waals surface area contributed by atoms with Crippen LogP contribution in [0.15, 0.2) is 63.5 Å². The third-order valence-corrected chi connectivity index (χ3v) is 6.31. The summed E-state index contributed by atoms with van der Waals surface area (Å²) >= 11 is 7.38. The van der Waals surface area contributed by atoms with Crippen LogP contribution in [0.5, 0.6) is 0 Å². The molecule has 0 fully saturated rings. The maximum Gasteiger partial charge on any atom is 0.257 e. The van der Waals surface area contributed by atoms with Gasteiger partial charge in [0.05, 0.1) is 21.9 Å². The zero-order chi connectivity index (χ0) is 20.4. The highest BCUT2D eigenvalue weighted by Gasteiger charge is 2.25. The Hall–Kier alpha value is -2.51. The molecule has 0 aliphatic carbocycles. The van der Waals surface area contributed by atoms with Crippen molar-refractivity contribution >= 4 is 35.0 Å². The zero-order valence-electron chi connectivity index (χ0n) is 15.8. The number of aromatic nitrogens is 1. The number of pyridine rings is 1. The summed E-state index contributed by atoms with van der Waals surface area (Å²) in [6.07, 6.45) is 4.72. The topological polar surface area (TPSA) is 72.7 Å². The predicted molar refractivity (Wildman–Crippen MR) is 116 cm³/mol. The fourth-order valence-electron chi connectivity index (χ4n) is 3.20. The van der Waals surface area contributed by atoms with Crippen molar-refractivity contribution in [3.8, 4) is 5.69 Å². The maximum atomic E-state index is 12.3. The van der Waals surface area contributed by atoms with Crippen molar-refractivity contribution in [2.24, 2.45) is 5.16 Å². The molecule has 0 saturated carbocycles. The predicted octanol–water partition coefficient (Wildman–Crippen LogP) is 3.34. The SMILES string of the molecule is Cc1cccn(-c2ccc(C3=NOC(CNC(=O)C4=CCC(Cl)S4)C3)cc2)c1=O. The Balaban J connectivity index is 1.35. The summed E-state index contributed by atoms with van der Waals surface area (Å²) in [5, 5.41) is 7.04. The van der Waals surface area contributed by atoms with Gasteiger partial charge in [0.25, 0.3) is 11.5 Å². The van der Waals surface area contributed by atoms with Crippen molar-refractivity contribution in [1.29, 1.82) is 0 Å². The second-order valence-corrected chi connectivity index (χ2v) is 8.95. The highest BCUT2D eigenvalue weighted by molar-refractivity contribution is 8.05. The van der Waals surface area contributed by atoms with Gasteiger partial charge in [-0.05, 0) is 37.1 Å². The number of halogens is 1. The van der Waals surface area contributed by atoms with Gasteiger partial charge in [0.2, 0.25) is 0 Å². The van der Waals surface area contributed by atoms with Crippen LogP contribution in [0, 0.1) is 6.92 Å². The van der Waals surface area contributed by atoms with E-state index < -0.39 is 0 Å². The number of nitrogens with zero attached hydrogens (tertiary/aromatic N) is 2. The first-order valence-corrected chi connectivity index (χ1v) is 10.6.